The maximum atomic E-state index is 13.0. The van der Waals surface area contributed by atoms with Gasteiger partial charge in [0.05, 0.1) is 0 Å². The molecule has 0 aromatic rings. The number of hydrogen-bond donors (Lipinski definition) is 0. The molecule has 0 aromatic carbocycles. The molecule has 0 saturated carbocycles. The first-order chi connectivity index (χ1) is 8.47. The Morgan fingerprint density at radius 1 is 0.600 bits per heavy atom. The molecular weight excluding hydrogens is 333 g/mol. The molecule has 0 amide bonds. The van der Waals surface area contributed by atoms with Gasteiger partial charge in [-0.05, 0) is 0 Å². The largest absolute Gasteiger partial charge is 0.470 e. The SMILES string of the molecule is FC(F)=C(F)C(F)(N(C(F)(F)F)C(F)(F)F)C(F)(F)F. The average Bonchev–Trinajstić information content (AvgIpc) is 2.09. The van der Waals surface area contributed by atoms with Crippen LogP contribution in [0.4, 0.5) is 57.1 Å². The number of nitrogens with zero attached hydrogens (tertiary/aromatic N) is 1. The fourth-order valence-corrected chi connectivity index (χ4v) is 0.968. The minimum absolute atomic E-state index is 3.94. The normalized spacial score (nSPS) is 17.1. The van der Waals surface area contributed by atoms with Crippen LogP contribution in [0.3, 0.4) is 0 Å². The second kappa shape index (κ2) is 4.96. The highest BCUT2D eigenvalue weighted by Crippen LogP contribution is 2.52. The van der Waals surface area contributed by atoms with Crippen LogP contribution in [0.25, 0.3) is 0 Å². The van der Waals surface area contributed by atoms with Gasteiger partial charge in [-0.2, -0.15) is 48.3 Å². The van der Waals surface area contributed by atoms with Crippen molar-refractivity contribution in [3.05, 3.63) is 11.9 Å². The molecule has 0 spiro atoms. The Balaban J connectivity index is 6.47. The van der Waals surface area contributed by atoms with E-state index >= 15 is 0 Å². The summed E-state index contributed by atoms with van der Waals surface area (Å²) in [6, 6.07) is 0. The van der Waals surface area contributed by atoms with E-state index in [4.69, 9.17) is 0 Å². The van der Waals surface area contributed by atoms with Gasteiger partial charge < -0.3 is 0 Å². The smallest absolute Gasteiger partial charge is 0.207 e. The molecule has 0 fully saturated rings. The van der Waals surface area contributed by atoms with Crippen molar-refractivity contribution in [3.63, 3.8) is 0 Å². The van der Waals surface area contributed by atoms with Gasteiger partial charge in [-0.25, -0.2) is 8.78 Å². The Hall–Kier alpha value is -1.21. The third-order valence-electron chi connectivity index (χ3n) is 1.65. The fraction of sp³-hybridized carbons (Fsp3) is 0.667. The monoisotopic (exact) mass is 333 g/mol. The van der Waals surface area contributed by atoms with Gasteiger partial charge in [0, 0.05) is 0 Å². The van der Waals surface area contributed by atoms with Crippen molar-refractivity contribution in [2.45, 2.75) is 24.6 Å². The molecule has 0 aliphatic carbocycles. The molecule has 0 aliphatic heterocycles. The summed E-state index contributed by atoms with van der Waals surface area (Å²) in [6.45, 7) is 0. The summed E-state index contributed by atoms with van der Waals surface area (Å²) in [5, 5.41) is 0. The summed E-state index contributed by atoms with van der Waals surface area (Å²) < 4.78 is 156. The highest BCUT2D eigenvalue weighted by Gasteiger charge is 2.77. The minimum Gasteiger partial charge on any atom is -0.207 e. The van der Waals surface area contributed by atoms with E-state index in [1.807, 2.05) is 0 Å². The first kappa shape index (κ1) is 18.8. The molecule has 0 N–H and O–H groups in total. The van der Waals surface area contributed by atoms with Crippen LogP contribution >= 0.6 is 0 Å². The zero-order valence-corrected chi connectivity index (χ0v) is 8.36. The molecule has 14 heteroatoms. The number of hydrogen-bond acceptors (Lipinski definition) is 1. The number of halogens is 13. The van der Waals surface area contributed by atoms with E-state index in [0.29, 0.717) is 0 Å². The van der Waals surface area contributed by atoms with E-state index in [0.717, 1.165) is 0 Å². The first-order valence-corrected chi connectivity index (χ1v) is 3.88. The third kappa shape index (κ3) is 3.27. The van der Waals surface area contributed by atoms with Crippen molar-refractivity contribution >= 4 is 0 Å². The van der Waals surface area contributed by atoms with Gasteiger partial charge in [-0.15, -0.1) is 0 Å². The average molecular weight is 333 g/mol. The zero-order chi connectivity index (χ0) is 16.7. The van der Waals surface area contributed by atoms with Crippen molar-refractivity contribution in [2.24, 2.45) is 0 Å². The number of rotatable bonds is 2. The predicted molar refractivity (Wildman–Crippen MR) is 34.2 cm³/mol. The molecule has 0 aliphatic rings. The highest BCUT2D eigenvalue weighted by atomic mass is 19.4. The molecule has 1 unspecified atom stereocenters. The summed E-state index contributed by atoms with van der Waals surface area (Å²) >= 11 is 0. The van der Waals surface area contributed by atoms with Gasteiger partial charge in [0.25, 0.3) is 0 Å². The van der Waals surface area contributed by atoms with E-state index < -0.39 is 41.4 Å². The lowest BCUT2D eigenvalue weighted by Gasteiger charge is -2.38. The van der Waals surface area contributed by atoms with E-state index in [1.54, 1.807) is 0 Å². The Morgan fingerprint density at radius 2 is 0.900 bits per heavy atom. The van der Waals surface area contributed by atoms with Gasteiger partial charge in [-0.1, -0.05) is 4.90 Å². The molecule has 0 aromatic heterocycles. The van der Waals surface area contributed by atoms with Crippen LogP contribution in [0, 0.1) is 0 Å². The lowest BCUT2D eigenvalue weighted by molar-refractivity contribution is -0.449. The molecule has 1 atom stereocenters. The van der Waals surface area contributed by atoms with Crippen molar-refractivity contribution in [1.82, 2.24) is 4.90 Å². The summed E-state index contributed by atoms with van der Waals surface area (Å²) in [5.41, 5.74) is 0. The standard InChI is InChI=1S/C6F13N/c7-1(2(8)9)3(10,4(11,12)13)20(5(14,15)16)6(17,18)19. The molecule has 0 rings (SSSR count). The van der Waals surface area contributed by atoms with Crippen LogP contribution in [0.1, 0.15) is 0 Å². The second-order valence-electron chi connectivity index (χ2n) is 2.97. The second-order valence-corrected chi connectivity index (χ2v) is 2.97. The summed E-state index contributed by atoms with van der Waals surface area (Å²) in [5.74, 6) is -11.7. The number of alkyl halides is 10. The van der Waals surface area contributed by atoms with Gasteiger partial charge in [0.1, 0.15) is 0 Å². The van der Waals surface area contributed by atoms with Crippen LogP contribution < -0.4 is 0 Å². The van der Waals surface area contributed by atoms with Crippen LogP contribution in [0.5, 0.6) is 0 Å². The minimum atomic E-state index is -7.30. The fourth-order valence-electron chi connectivity index (χ4n) is 0.968. The van der Waals surface area contributed by atoms with E-state index in [2.05, 4.69) is 0 Å². The van der Waals surface area contributed by atoms with Crippen molar-refractivity contribution in [2.75, 3.05) is 0 Å². The maximum Gasteiger partial charge on any atom is 0.470 e. The van der Waals surface area contributed by atoms with Crippen LogP contribution in [-0.2, 0) is 0 Å². The topological polar surface area (TPSA) is 3.24 Å². The maximum absolute atomic E-state index is 13.0. The Morgan fingerprint density at radius 3 is 1.05 bits per heavy atom. The van der Waals surface area contributed by atoms with Gasteiger partial charge in [-0.3, -0.25) is 0 Å². The van der Waals surface area contributed by atoms with Crippen LogP contribution in [0.2, 0.25) is 0 Å². The molecular formula is C6F13N. The Kier molecular flexibility index (Phi) is 4.66. The molecule has 0 bridgehead atoms. The third-order valence-corrected chi connectivity index (χ3v) is 1.65. The molecule has 120 valence electrons. The van der Waals surface area contributed by atoms with Crippen LogP contribution in [0.15, 0.2) is 11.9 Å². The Labute approximate surface area is 99.8 Å². The van der Waals surface area contributed by atoms with Crippen molar-refractivity contribution < 1.29 is 57.1 Å². The van der Waals surface area contributed by atoms with Gasteiger partial charge >= 0.3 is 30.7 Å². The van der Waals surface area contributed by atoms with E-state index in [-0.39, 0.29) is 0 Å². The van der Waals surface area contributed by atoms with Crippen LogP contribution in [-0.4, -0.2) is 29.5 Å². The predicted octanol–water partition coefficient (Wildman–Crippen LogP) is 4.63. The lowest BCUT2D eigenvalue weighted by Crippen LogP contribution is -2.66. The molecule has 0 radical (unpaired) electrons. The van der Waals surface area contributed by atoms with E-state index in [9.17, 15) is 57.1 Å². The zero-order valence-electron chi connectivity index (χ0n) is 8.36. The first-order valence-electron chi connectivity index (χ1n) is 3.88. The summed E-state index contributed by atoms with van der Waals surface area (Å²) in [7, 11) is 0. The van der Waals surface area contributed by atoms with Gasteiger partial charge in [0.2, 0.25) is 5.83 Å². The summed E-state index contributed by atoms with van der Waals surface area (Å²) in [6.07, 6.45) is -26.0. The molecule has 20 heavy (non-hydrogen) atoms. The van der Waals surface area contributed by atoms with Gasteiger partial charge in [0.15, 0.2) is 0 Å². The van der Waals surface area contributed by atoms with E-state index in [1.165, 1.54) is 0 Å². The lowest BCUT2D eigenvalue weighted by atomic mass is 10.2. The molecule has 0 heterocycles. The highest BCUT2D eigenvalue weighted by molar-refractivity contribution is 5.14. The summed E-state index contributed by atoms with van der Waals surface area (Å²) in [4.78, 5) is -3.94. The van der Waals surface area contributed by atoms with Crippen molar-refractivity contribution in [1.29, 1.82) is 0 Å². The Bertz CT molecular complexity index is 367. The quantitative estimate of drug-likeness (QED) is 0.526. The molecule has 1 nitrogen and oxygen atoms in total. The molecule has 0 saturated heterocycles. The van der Waals surface area contributed by atoms with Crippen molar-refractivity contribution in [3.8, 4) is 0 Å².